The molecule has 80 valence electrons. The molecule has 1 aromatic carbocycles. The maximum Gasteiger partial charge on any atom is 0.119 e. The molecule has 1 aromatic rings. The van der Waals surface area contributed by atoms with Crippen LogP contribution in [0.1, 0.15) is 36.8 Å². The Kier molecular flexibility index (Phi) is 3.10. The normalized spacial score (nSPS) is 16.0. The third kappa shape index (κ3) is 2.23. The molecule has 1 nitrogen and oxygen atoms in total. The predicted molar refractivity (Wildman–Crippen MR) is 64.2 cm³/mol. The summed E-state index contributed by atoms with van der Waals surface area (Å²) >= 11 is 0. The minimum Gasteiger partial charge on any atom is -0.497 e. The van der Waals surface area contributed by atoms with Gasteiger partial charge >= 0.3 is 0 Å². The van der Waals surface area contributed by atoms with Crippen LogP contribution >= 0.6 is 0 Å². The SMILES string of the molecule is COc1ccc(C)c(C2=CCCCC2)c1. The zero-order valence-electron chi connectivity index (χ0n) is 9.55. The van der Waals surface area contributed by atoms with Gasteiger partial charge in [-0.25, -0.2) is 0 Å². The summed E-state index contributed by atoms with van der Waals surface area (Å²) in [6, 6.07) is 6.33. The van der Waals surface area contributed by atoms with Crippen molar-refractivity contribution in [2.45, 2.75) is 32.6 Å². The fourth-order valence-corrected chi connectivity index (χ4v) is 2.16. The number of methoxy groups -OCH3 is 1. The zero-order chi connectivity index (χ0) is 10.7. The molecule has 1 heteroatoms. The Labute approximate surface area is 91.8 Å². The number of hydrogen-bond donors (Lipinski definition) is 0. The van der Waals surface area contributed by atoms with E-state index in [4.69, 9.17) is 4.74 Å². The van der Waals surface area contributed by atoms with Gasteiger partial charge in [-0.1, -0.05) is 12.1 Å². The van der Waals surface area contributed by atoms with Crippen molar-refractivity contribution in [3.63, 3.8) is 0 Å². The predicted octanol–water partition coefficient (Wildman–Crippen LogP) is 3.96. The van der Waals surface area contributed by atoms with E-state index in [0.29, 0.717) is 0 Å². The molecule has 0 aliphatic heterocycles. The van der Waals surface area contributed by atoms with E-state index in [1.807, 2.05) is 6.07 Å². The van der Waals surface area contributed by atoms with E-state index in [1.165, 1.54) is 42.4 Å². The third-order valence-corrected chi connectivity index (χ3v) is 3.08. The first kappa shape index (κ1) is 10.3. The topological polar surface area (TPSA) is 9.23 Å². The van der Waals surface area contributed by atoms with Gasteiger partial charge in [-0.15, -0.1) is 0 Å². The molecule has 0 fully saturated rings. The molecule has 0 aromatic heterocycles. The number of benzene rings is 1. The third-order valence-electron chi connectivity index (χ3n) is 3.08. The summed E-state index contributed by atoms with van der Waals surface area (Å²) in [5.41, 5.74) is 4.22. The van der Waals surface area contributed by atoms with Crippen molar-refractivity contribution in [2.75, 3.05) is 7.11 Å². The second kappa shape index (κ2) is 4.52. The fraction of sp³-hybridized carbons (Fsp3) is 0.429. The number of hydrogen-bond acceptors (Lipinski definition) is 1. The standard InChI is InChI=1S/C14H18O/c1-11-8-9-13(15-2)10-14(11)12-6-4-3-5-7-12/h6,8-10H,3-5,7H2,1-2H3. The lowest BCUT2D eigenvalue weighted by Gasteiger charge is -2.15. The number of aryl methyl sites for hydroxylation is 1. The van der Waals surface area contributed by atoms with Crippen LogP contribution in [0, 0.1) is 6.92 Å². The van der Waals surface area contributed by atoms with E-state index in [9.17, 15) is 0 Å². The molecule has 15 heavy (non-hydrogen) atoms. The maximum absolute atomic E-state index is 5.27. The highest BCUT2D eigenvalue weighted by Gasteiger charge is 2.09. The van der Waals surface area contributed by atoms with Crippen molar-refractivity contribution in [1.29, 1.82) is 0 Å². The number of rotatable bonds is 2. The lowest BCUT2D eigenvalue weighted by atomic mass is 9.91. The van der Waals surface area contributed by atoms with Crippen LogP contribution in [0.3, 0.4) is 0 Å². The van der Waals surface area contributed by atoms with Crippen molar-refractivity contribution in [3.8, 4) is 5.75 Å². The molecule has 0 unspecified atom stereocenters. The van der Waals surface area contributed by atoms with Gasteiger partial charge in [0.1, 0.15) is 5.75 Å². The Balaban J connectivity index is 2.37. The van der Waals surface area contributed by atoms with Crippen LogP contribution in [0.5, 0.6) is 5.75 Å². The highest BCUT2D eigenvalue weighted by Crippen LogP contribution is 2.30. The van der Waals surface area contributed by atoms with E-state index < -0.39 is 0 Å². The Morgan fingerprint density at radius 2 is 2.07 bits per heavy atom. The molecule has 0 atom stereocenters. The summed E-state index contributed by atoms with van der Waals surface area (Å²) in [6.07, 6.45) is 7.49. The number of allylic oxidation sites excluding steroid dienone is 2. The molecule has 0 N–H and O–H groups in total. The molecule has 0 saturated carbocycles. The highest BCUT2D eigenvalue weighted by atomic mass is 16.5. The summed E-state index contributed by atoms with van der Waals surface area (Å²) in [6.45, 7) is 2.17. The van der Waals surface area contributed by atoms with Crippen LogP contribution in [0.4, 0.5) is 0 Å². The Morgan fingerprint density at radius 3 is 2.73 bits per heavy atom. The van der Waals surface area contributed by atoms with Crippen molar-refractivity contribution in [1.82, 2.24) is 0 Å². The van der Waals surface area contributed by atoms with E-state index in [2.05, 4.69) is 25.1 Å². The van der Waals surface area contributed by atoms with E-state index >= 15 is 0 Å². The smallest absolute Gasteiger partial charge is 0.119 e. The van der Waals surface area contributed by atoms with E-state index in [0.717, 1.165) is 5.75 Å². The Bertz CT molecular complexity index is 377. The van der Waals surface area contributed by atoms with E-state index in [1.54, 1.807) is 7.11 Å². The van der Waals surface area contributed by atoms with Gasteiger partial charge in [0.2, 0.25) is 0 Å². The van der Waals surface area contributed by atoms with Crippen LogP contribution in [-0.2, 0) is 0 Å². The van der Waals surface area contributed by atoms with Crippen molar-refractivity contribution in [2.24, 2.45) is 0 Å². The van der Waals surface area contributed by atoms with Gasteiger partial charge in [0.25, 0.3) is 0 Å². The van der Waals surface area contributed by atoms with Gasteiger partial charge in [0, 0.05) is 0 Å². The second-order valence-corrected chi connectivity index (χ2v) is 4.16. The molecular formula is C14H18O. The average Bonchev–Trinajstić information content (AvgIpc) is 2.31. The highest BCUT2D eigenvalue weighted by molar-refractivity contribution is 5.69. The van der Waals surface area contributed by atoms with Crippen molar-refractivity contribution in [3.05, 3.63) is 35.4 Å². The summed E-state index contributed by atoms with van der Waals surface area (Å²) in [5.74, 6) is 0.960. The number of ether oxygens (including phenoxy) is 1. The average molecular weight is 202 g/mol. The summed E-state index contributed by atoms with van der Waals surface area (Å²) in [7, 11) is 1.73. The van der Waals surface area contributed by atoms with Gasteiger partial charge in [-0.3, -0.25) is 0 Å². The first-order valence-electron chi connectivity index (χ1n) is 5.65. The molecule has 0 spiro atoms. The largest absolute Gasteiger partial charge is 0.497 e. The van der Waals surface area contributed by atoms with Gasteiger partial charge in [0.05, 0.1) is 7.11 Å². The molecular weight excluding hydrogens is 184 g/mol. The Hall–Kier alpha value is -1.24. The molecule has 0 amide bonds. The van der Waals surface area contributed by atoms with Gasteiger partial charge in [0.15, 0.2) is 0 Å². The lowest BCUT2D eigenvalue weighted by Crippen LogP contribution is -1.95. The van der Waals surface area contributed by atoms with Gasteiger partial charge < -0.3 is 4.74 Å². The van der Waals surface area contributed by atoms with Crippen LogP contribution in [0.25, 0.3) is 5.57 Å². The summed E-state index contributed by atoms with van der Waals surface area (Å²) < 4.78 is 5.27. The van der Waals surface area contributed by atoms with Gasteiger partial charge in [-0.05, 0) is 61.4 Å². The van der Waals surface area contributed by atoms with Crippen molar-refractivity contribution < 1.29 is 4.74 Å². The Morgan fingerprint density at radius 1 is 1.20 bits per heavy atom. The second-order valence-electron chi connectivity index (χ2n) is 4.16. The minimum atomic E-state index is 0.960. The van der Waals surface area contributed by atoms with Crippen LogP contribution < -0.4 is 4.74 Å². The van der Waals surface area contributed by atoms with Crippen LogP contribution in [0.2, 0.25) is 0 Å². The van der Waals surface area contributed by atoms with Crippen molar-refractivity contribution >= 4 is 5.57 Å². The molecule has 2 rings (SSSR count). The van der Waals surface area contributed by atoms with E-state index in [-0.39, 0.29) is 0 Å². The molecule has 0 saturated heterocycles. The zero-order valence-corrected chi connectivity index (χ0v) is 9.55. The quantitative estimate of drug-likeness (QED) is 0.705. The fourth-order valence-electron chi connectivity index (χ4n) is 2.16. The molecule has 0 radical (unpaired) electrons. The summed E-state index contributed by atoms with van der Waals surface area (Å²) in [4.78, 5) is 0. The van der Waals surface area contributed by atoms with Crippen LogP contribution in [-0.4, -0.2) is 7.11 Å². The van der Waals surface area contributed by atoms with Crippen LogP contribution in [0.15, 0.2) is 24.3 Å². The monoisotopic (exact) mass is 202 g/mol. The molecule has 0 heterocycles. The maximum atomic E-state index is 5.27. The molecule has 0 bridgehead atoms. The minimum absolute atomic E-state index is 0.960. The molecule has 1 aliphatic carbocycles. The lowest BCUT2D eigenvalue weighted by molar-refractivity contribution is 0.414. The molecule has 1 aliphatic rings. The first-order chi connectivity index (χ1) is 7.31. The van der Waals surface area contributed by atoms with Gasteiger partial charge in [-0.2, -0.15) is 0 Å². The summed E-state index contributed by atoms with van der Waals surface area (Å²) in [5, 5.41) is 0. The first-order valence-corrected chi connectivity index (χ1v) is 5.65.